The van der Waals surface area contributed by atoms with Crippen LogP contribution in [0.15, 0.2) is 48.8 Å². The van der Waals surface area contributed by atoms with Gasteiger partial charge < -0.3 is 10.2 Å². The highest BCUT2D eigenvalue weighted by Gasteiger charge is 2.21. The lowest BCUT2D eigenvalue weighted by molar-refractivity contribution is 0.0794. The van der Waals surface area contributed by atoms with Crippen LogP contribution in [-0.2, 0) is 0 Å². The van der Waals surface area contributed by atoms with Crippen LogP contribution in [-0.4, -0.2) is 28.9 Å². The number of nitrogens with one attached hydrogen (secondary N) is 1. The molecule has 1 N–H and O–H groups in total. The van der Waals surface area contributed by atoms with Crippen LogP contribution < -0.4 is 5.32 Å². The largest absolute Gasteiger partial charge is 0.355 e. The fourth-order valence-electron chi connectivity index (χ4n) is 2.46. The Kier molecular flexibility index (Phi) is 3.63. The number of carbonyl (C=O) groups excluding carboxylic acids is 1. The first-order valence-corrected chi connectivity index (χ1v) is 6.90. The Morgan fingerprint density at radius 2 is 1.75 bits per heavy atom. The number of hydrogen-bond acceptors (Lipinski definition) is 3. The number of anilines is 2. The fraction of sp³-hybridized carbons (Fsp3) is 0.250. The molecule has 1 aromatic heterocycles. The normalized spacial score (nSPS) is 14.3. The summed E-state index contributed by atoms with van der Waals surface area (Å²) in [4.78, 5) is 18.4. The Morgan fingerprint density at radius 3 is 2.50 bits per heavy atom. The van der Waals surface area contributed by atoms with Gasteiger partial charge in [0.15, 0.2) is 0 Å². The molecular weight excluding hydrogens is 250 g/mol. The topological polar surface area (TPSA) is 45.2 Å². The van der Waals surface area contributed by atoms with E-state index in [-0.39, 0.29) is 5.91 Å². The molecule has 0 saturated carbocycles. The molecule has 1 aliphatic heterocycles. The summed E-state index contributed by atoms with van der Waals surface area (Å²) in [5.74, 6) is 0.111. The molecule has 0 radical (unpaired) electrons. The van der Waals surface area contributed by atoms with Crippen LogP contribution >= 0.6 is 0 Å². The summed E-state index contributed by atoms with van der Waals surface area (Å²) in [6.45, 7) is 1.73. The number of hydrogen-bond donors (Lipinski definition) is 1. The second-order valence-corrected chi connectivity index (χ2v) is 4.91. The predicted molar refractivity (Wildman–Crippen MR) is 79.1 cm³/mol. The van der Waals surface area contributed by atoms with Crippen LogP contribution in [0.25, 0.3) is 0 Å². The van der Waals surface area contributed by atoms with Crippen LogP contribution in [0.3, 0.4) is 0 Å². The molecule has 0 bridgehead atoms. The molecule has 1 aliphatic rings. The van der Waals surface area contributed by atoms with Crippen molar-refractivity contribution >= 4 is 17.3 Å². The molecule has 4 heteroatoms. The van der Waals surface area contributed by atoms with E-state index in [2.05, 4.69) is 10.3 Å². The molecule has 1 saturated heterocycles. The van der Waals surface area contributed by atoms with Gasteiger partial charge in [-0.25, -0.2) is 0 Å². The zero-order valence-electron chi connectivity index (χ0n) is 11.2. The van der Waals surface area contributed by atoms with E-state index >= 15 is 0 Å². The van der Waals surface area contributed by atoms with Gasteiger partial charge in [-0.3, -0.25) is 9.78 Å². The van der Waals surface area contributed by atoms with Crippen LogP contribution in [0.4, 0.5) is 11.4 Å². The number of benzene rings is 1. The molecule has 0 aliphatic carbocycles. The molecule has 3 rings (SSSR count). The number of amides is 1. The molecule has 0 unspecified atom stereocenters. The van der Waals surface area contributed by atoms with Gasteiger partial charge in [-0.1, -0.05) is 12.1 Å². The Labute approximate surface area is 118 Å². The molecule has 1 fully saturated rings. The van der Waals surface area contributed by atoms with Gasteiger partial charge in [0.05, 0.1) is 11.3 Å². The minimum absolute atomic E-state index is 0.111. The van der Waals surface area contributed by atoms with Crippen molar-refractivity contribution in [2.75, 3.05) is 18.4 Å². The van der Waals surface area contributed by atoms with Crippen molar-refractivity contribution < 1.29 is 4.79 Å². The third-order valence-corrected chi connectivity index (χ3v) is 3.51. The van der Waals surface area contributed by atoms with Crippen molar-refractivity contribution in [3.05, 3.63) is 54.4 Å². The van der Waals surface area contributed by atoms with Gasteiger partial charge >= 0.3 is 0 Å². The summed E-state index contributed by atoms with van der Waals surface area (Å²) in [5.41, 5.74) is 2.50. The molecule has 1 amide bonds. The molecule has 1 aromatic carbocycles. The van der Waals surface area contributed by atoms with E-state index in [1.807, 2.05) is 41.3 Å². The minimum Gasteiger partial charge on any atom is -0.355 e. The Bertz CT molecular complexity index is 592. The van der Waals surface area contributed by atoms with E-state index < -0.39 is 0 Å². The molecule has 2 heterocycles. The third kappa shape index (κ3) is 2.64. The first kappa shape index (κ1) is 12.7. The van der Waals surface area contributed by atoms with E-state index in [0.29, 0.717) is 0 Å². The summed E-state index contributed by atoms with van der Waals surface area (Å²) >= 11 is 0. The first-order valence-electron chi connectivity index (χ1n) is 6.90. The minimum atomic E-state index is 0.111. The first-order chi connectivity index (χ1) is 9.84. The zero-order chi connectivity index (χ0) is 13.8. The highest BCUT2D eigenvalue weighted by atomic mass is 16.2. The lowest BCUT2D eigenvalue weighted by Gasteiger charge is -2.18. The van der Waals surface area contributed by atoms with Gasteiger partial charge in [0.1, 0.15) is 0 Å². The van der Waals surface area contributed by atoms with Crippen molar-refractivity contribution in [2.45, 2.75) is 12.8 Å². The maximum atomic E-state index is 12.5. The van der Waals surface area contributed by atoms with Crippen molar-refractivity contribution in [2.24, 2.45) is 0 Å². The molecule has 102 valence electrons. The average molecular weight is 267 g/mol. The second-order valence-electron chi connectivity index (χ2n) is 4.91. The van der Waals surface area contributed by atoms with Crippen LogP contribution in [0.1, 0.15) is 23.2 Å². The van der Waals surface area contributed by atoms with E-state index in [1.54, 1.807) is 12.4 Å². The smallest absolute Gasteiger partial charge is 0.255 e. The number of pyridine rings is 1. The highest BCUT2D eigenvalue weighted by Crippen LogP contribution is 2.23. The Balaban J connectivity index is 1.86. The molecule has 0 atom stereocenters. The summed E-state index contributed by atoms with van der Waals surface area (Å²) in [5, 5.41) is 3.29. The van der Waals surface area contributed by atoms with Gasteiger partial charge in [-0.05, 0) is 37.1 Å². The Hall–Kier alpha value is -2.36. The van der Waals surface area contributed by atoms with E-state index in [4.69, 9.17) is 0 Å². The molecule has 2 aromatic rings. The standard InChI is InChI=1S/C16H17N3O/c20-16(19-11-3-4-12-19)14-5-1-2-6-15(14)18-13-7-9-17-10-8-13/h1-2,5-10H,3-4,11-12H2,(H,17,18). The second kappa shape index (κ2) is 5.74. The predicted octanol–water partition coefficient (Wildman–Crippen LogP) is 3.06. The number of nitrogens with zero attached hydrogens (tertiary/aromatic N) is 2. The number of likely N-dealkylation sites (tertiary alicyclic amines) is 1. The molecular formula is C16H17N3O. The summed E-state index contributed by atoms with van der Waals surface area (Å²) < 4.78 is 0. The van der Waals surface area contributed by atoms with Gasteiger partial charge in [-0.2, -0.15) is 0 Å². The average Bonchev–Trinajstić information content (AvgIpc) is 3.02. The lowest BCUT2D eigenvalue weighted by atomic mass is 10.1. The van der Waals surface area contributed by atoms with E-state index in [0.717, 1.165) is 42.9 Å². The van der Waals surface area contributed by atoms with Crippen molar-refractivity contribution in [3.8, 4) is 0 Å². The quantitative estimate of drug-likeness (QED) is 0.929. The number of aromatic nitrogens is 1. The summed E-state index contributed by atoms with van der Waals surface area (Å²) in [6, 6.07) is 11.4. The maximum absolute atomic E-state index is 12.5. The van der Waals surface area contributed by atoms with E-state index in [9.17, 15) is 4.79 Å². The van der Waals surface area contributed by atoms with Gasteiger partial charge in [-0.15, -0.1) is 0 Å². The third-order valence-electron chi connectivity index (χ3n) is 3.51. The van der Waals surface area contributed by atoms with Crippen LogP contribution in [0, 0.1) is 0 Å². The van der Waals surface area contributed by atoms with E-state index in [1.165, 1.54) is 0 Å². The maximum Gasteiger partial charge on any atom is 0.255 e. The highest BCUT2D eigenvalue weighted by molar-refractivity contribution is 6.00. The van der Waals surface area contributed by atoms with Crippen molar-refractivity contribution in [1.29, 1.82) is 0 Å². The SMILES string of the molecule is O=C(c1ccccc1Nc1ccncc1)N1CCCC1. The number of rotatable bonds is 3. The van der Waals surface area contributed by atoms with Crippen molar-refractivity contribution in [3.63, 3.8) is 0 Å². The van der Waals surface area contributed by atoms with Crippen LogP contribution in [0.5, 0.6) is 0 Å². The Morgan fingerprint density at radius 1 is 1.05 bits per heavy atom. The molecule has 0 spiro atoms. The lowest BCUT2D eigenvalue weighted by Crippen LogP contribution is -2.28. The molecule has 4 nitrogen and oxygen atoms in total. The number of para-hydroxylation sites is 1. The summed E-state index contributed by atoms with van der Waals surface area (Å²) in [6.07, 6.45) is 5.66. The summed E-state index contributed by atoms with van der Waals surface area (Å²) in [7, 11) is 0. The fourth-order valence-corrected chi connectivity index (χ4v) is 2.46. The zero-order valence-corrected chi connectivity index (χ0v) is 11.2. The van der Waals surface area contributed by atoms with Gasteiger partial charge in [0, 0.05) is 31.2 Å². The van der Waals surface area contributed by atoms with Gasteiger partial charge in [0.25, 0.3) is 5.91 Å². The molecule has 20 heavy (non-hydrogen) atoms. The van der Waals surface area contributed by atoms with Crippen LogP contribution in [0.2, 0.25) is 0 Å². The number of carbonyl (C=O) groups is 1. The van der Waals surface area contributed by atoms with Crippen molar-refractivity contribution in [1.82, 2.24) is 9.88 Å². The monoisotopic (exact) mass is 267 g/mol. The van der Waals surface area contributed by atoms with Gasteiger partial charge in [0.2, 0.25) is 0 Å².